The van der Waals surface area contributed by atoms with E-state index in [1.807, 2.05) is 153 Å². The number of thioether (sulfide) groups is 4. The largest absolute Gasteiger partial charge is 0.444 e. The molecule has 3 heterocycles. The van der Waals surface area contributed by atoms with Gasteiger partial charge in [0.2, 0.25) is 0 Å². The van der Waals surface area contributed by atoms with Crippen molar-refractivity contribution in [2.24, 2.45) is 26.4 Å². The Kier molecular flexibility index (Phi) is 43.8. The van der Waals surface area contributed by atoms with Gasteiger partial charge in [0, 0.05) is 93.2 Å². The lowest BCUT2D eigenvalue weighted by atomic mass is 9.88. The number of allylic oxidation sites excluding steroid dienone is 1. The van der Waals surface area contributed by atoms with E-state index in [9.17, 15) is 43.5 Å². The molecule has 9 rings (SSSR count). The average molecular weight is 2100 g/mol. The zero-order chi connectivity index (χ0) is 88.3. The van der Waals surface area contributed by atoms with Gasteiger partial charge in [0.25, 0.3) is 0 Å². The number of benzene rings is 6. The van der Waals surface area contributed by atoms with E-state index in [4.69, 9.17) is 42.1 Å². The van der Waals surface area contributed by atoms with Gasteiger partial charge in [-0.05, 0) is 283 Å². The summed E-state index contributed by atoms with van der Waals surface area (Å²) in [6, 6.07) is 34.8. The predicted octanol–water partition coefficient (Wildman–Crippen LogP) is 22.1. The second-order valence-corrected chi connectivity index (χ2v) is 40.9. The molecule has 4 atom stereocenters. The van der Waals surface area contributed by atoms with Gasteiger partial charge in [0.1, 0.15) is 45.7 Å². The van der Waals surface area contributed by atoms with Crippen LogP contribution in [0.25, 0.3) is 5.57 Å². The van der Waals surface area contributed by atoms with Crippen molar-refractivity contribution in [1.82, 2.24) is 10.6 Å². The van der Waals surface area contributed by atoms with E-state index < -0.39 is 40.1 Å². The molecule has 0 bridgehead atoms. The minimum atomic E-state index is -1.07. The Morgan fingerprint density at radius 2 is 0.831 bits per heavy atom. The average Bonchev–Trinajstić information content (AvgIpc) is 0.795. The molecule has 0 radical (unpaired) electrons. The predicted molar refractivity (Wildman–Crippen MR) is 515 cm³/mol. The molecule has 0 spiro atoms. The minimum absolute atomic E-state index is 0. The number of nitrogens with zero attached hydrogens (tertiary/aromatic N) is 3. The monoisotopic (exact) mass is 2090 g/mol. The first-order valence-corrected chi connectivity index (χ1v) is 45.8. The number of amidine groups is 4. The molecule has 0 aromatic heterocycles. The molecule has 3 aliphatic rings. The Labute approximate surface area is 769 Å². The van der Waals surface area contributed by atoms with Crippen LogP contribution in [0.2, 0.25) is 0 Å². The lowest BCUT2D eigenvalue weighted by Gasteiger charge is -2.31. The molecule has 20 nitrogen and oxygen atoms in total. The number of aliphatic imine (C=N–C) groups is 3. The van der Waals surface area contributed by atoms with Crippen LogP contribution in [0.4, 0.5) is 15.3 Å². The third-order valence-electron chi connectivity index (χ3n) is 17.1. The number of nitrogens with one attached hydrogen (secondary N) is 3. The van der Waals surface area contributed by atoms with E-state index in [2.05, 4.69) is 137 Å². The molecule has 31 heteroatoms. The highest BCUT2D eigenvalue weighted by molar-refractivity contribution is 9.11. The molecule has 640 valence electrons. The molecular formula is C87H108Br6ClN9O11S4. The maximum Gasteiger partial charge on any atom is 0.413 e. The first-order chi connectivity index (χ1) is 54.1. The maximum atomic E-state index is 12.0. The highest BCUT2D eigenvalue weighted by Gasteiger charge is 2.35. The second-order valence-electron chi connectivity index (χ2n) is 31.0. The lowest BCUT2D eigenvalue weighted by molar-refractivity contribution is -0.117. The van der Waals surface area contributed by atoms with Gasteiger partial charge in [-0.3, -0.25) is 59.8 Å². The summed E-state index contributed by atoms with van der Waals surface area (Å²) >= 11 is 26.6. The molecule has 2 amide bonds. The summed E-state index contributed by atoms with van der Waals surface area (Å²) in [5.74, 6) is 3.98. The Balaban J connectivity index is 0.000000369. The SMILES string of the molecule is C=CC(C)(O)c1cc(Br)cc(CC(C)=O)c1.CC(=O)Cc1cc(Br)cc(/C(C)=C/CSC(=N)N)c1.CC(=O)Cc1cc(Br)cc(C(C)=O)c1.CC(=O)Cc1cc(Br)cc(C2(C)CCSC(N)=N2)c1.CC(=O)Cc1cc(Br)cc(C2(C)CCSC(NC(=O)OC(C)(C)C)=N2)c1.CC(C)(C)OC(=O)NC1=NC(C)(c2cc(N)cc(Br)c2)CCS1.Cl. The van der Waals surface area contributed by atoms with Gasteiger partial charge < -0.3 is 31.8 Å². The van der Waals surface area contributed by atoms with E-state index in [-0.39, 0.29) is 57.8 Å². The number of alkyl carbamates (subject to hydrolysis) is 2. The van der Waals surface area contributed by atoms with Crippen molar-refractivity contribution in [3.05, 3.63) is 216 Å². The molecule has 6 aromatic rings. The van der Waals surface area contributed by atoms with Crippen molar-refractivity contribution in [1.29, 1.82) is 5.41 Å². The molecule has 6 aromatic carbocycles. The summed E-state index contributed by atoms with van der Waals surface area (Å²) in [6.07, 6.45) is 7.23. The highest BCUT2D eigenvalue weighted by Crippen LogP contribution is 2.41. The number of Topliss-reactive ketones (excluding diaryl/α,β-unsaturated/α-hetero) is 6. The van der Waals surface area contributed by atoms with Crippen LogP contribution in [-0.2, 0) is 87.8 Å². The number of carbonyl (C=O) groups is 8. The van der Waals surface area contributed by atoms with Crippen LogP contribution in [-0.4, -0.2) is 107 Å². The Bertz CT molecular complexity index is 4760. The van der Waals surface area contributed by atoms with Crippen molar-refractivity contribution in [3.63, 3.8) is 0 Å². The van der Waals surface area contributed by atoms with Crippen molar-refractivity contribution < 1.29 is 52.9 Å². The third kappa shape index (κ3) is 39.9. The number of hydrogen-bond acceptors (Lipinski definition) is 21. The fourth-order valence-electron chi connectivity index (χ4n) is 11.5. The molecule has 10 N–H and O–H groups in total. The third-order valence-corrected chi connectivity index (χ3v) is 23.0. The first kappa shape index (κ1) is 106. The number of carbonyl (C=O) groups excluding carboxylic acids is 8. The smallest absolute Gasteiger partial charge is 0.413 e. The normalized spacial score (nSPS) is 17.3. The minimum Gasteiger partial charge on any atom is -0.444 e. The number of aliphatic hydroxyl groups is 1. The molecule has 4 unspecified atom stereocenters. The van der Waals surface area contributed by atoms with Crippen LogP contribution in [0.3, 0.4) is 0 Å². The summed E-state index contributed by atoms with van der Waals surface area (Å²) in [5.41, 5.74) is 25.9. The summed E-state index contributed by atoms with van der Waals surface area (Å²) in [4.78, 5) is 105. The number of rotatable bonds is 19. The number of nitrogen functional groups attached to an aromatic ring is 1. The number of halogens is 7. The van der Waals surface area contributed by atoms with E-state index >= 15 is 0 Å². The number of amides is 2. The number of anilines is 1. The molecule has 118 heavy (non-hydrogen) atoms. The standard InChI is InChI=1S/C19H25BrN2O3S.C16H22BrN3O2S.2C14H17BrN2OS.C13H15BrO2.C11H11BrO2.ClH/c1-12(23)8-13-9-14(11-15(20)10-13)19(5)6-7-26-16(22-19)21-17(24)25-18(2,3)4;1-15(2,3)22-14(21)19-13-20-16(4,5-6-23-13)10-7-11(17)9-12(18)8-10;1-9(18)5-10-6-11(8-12(15)7-10)14(2)3-4-19-13(16)17-14;1-9(3-4-19-14(16)17)12-6-11(5-10(2)18)7-13(15)8-12;1-4-13(3,16)11-6-10(5-9(2)15)7-12(14)8-11;1-7(13)3-9-4-10(8(2)14)6-11(12)5-9;/h9-11H,6-8H2,1-5H3,(H,21,22,24);7-9H,5-6,18H2,1-4H3,(H,19,20,21);6-8H,3-5H2,1-2H3,(H2,16,17);3,6-8H,4-5H2,1-2H3,(H3,16,17);4,6-8,16H,1,5H2,2-3H3;4-6H,3H2,1-2H3;1H/b;;;9-3+;;;. The van der Waals surface area contributed by atoms with Crippen LogP contribution in [0, 0.1) is 5.41 Å². The van der Waals surface area contributed by atoms with E-state index in [1.54, 1.807) is 58.5 Å². The Hall–Kier alpha value is -6.03. The number of nitrogens with two attached hydrogens (primary N) is 3. The highest BCUT2D eigenvalue weighted by atomic mass is 79.9. The summed E-state index contributed by atoms with van der Waals surface area (Å²) in [7, 11) is 0. The van der Waals surface area contributed by atoms with E-state index in [0.29, 0.717) is 64.6 Å². The number of ether oxygens (including phenoxy) is 2. The number of ketones is 6. The molecule has 0 aliphatic carbocycles. The van der Waals surface area contributed by atoms with Gasteiger partial charge in [-0.25, -0.2) is 9.59 Å². The van der Waals surface area contributed by atoms with Crippen LogP contribution in [0.15, 0.2) is 170 Å². The molecule has 3 aliphatic heterocycles. The van der Waals surface area contributed by atoms with Gasteiger partial charge in [-0.1, -0.05) is 186 Å². The zero-order valence-electron chi connectivity index (χ0n) is 69.7. The second kappa shape index (κ2) is 48.7. The lowest BCUT2D eigenvalue weighted by Crippen LogP contribution is -2.38. The number of hydrogen-bond donors (Lipinski definition) is 7. The van der Waals surface area contributed by atoms with E-state index in [0.717, 1.165) is 125 Å². The molecular weight excluding hydrogens is 1990 g/mol. The Morgan fingerprint density at radius 3 is 1.19 bits per heavy atom. The zero-order valence-corrected chi connectivity index (χ0v) is 83.3. The van der Waals surface area contributed by atoms with Crippen LogP contribution >= 0.6 is 155 Å². The fourth-order valence-corrected chi connectivity index (χ4v) is 18.4. The Morgan fingerprint density at radius 1 is 0.500 bits per heavy atom. The molecule has 0 saturated heterocycles. The van der Waals surface area contributed by atoms with Gasteiger partial charge in [-0.2, -0.15) is 0 Å². The first-order valence-electron chi connectivity index (χ1n) is 37.1. The summed E-state index contributed by atoms with van der Waals surface area (Å²) < 4.78 is 16.1. The summed E-state index contributed by atoms with van der Waals surface area (Å²) in [6.45, 7) is 33.8. The van der Waals surface area contributed by atoms with Gasteiger partial charge in [0.15, 0.2) is 26.5 Å². The van der Waals surface area contributed by atoms with E-state index in [1.165, 1.54) is 55.2 Å². The topological polar surface area (TPSA) is 338 Å². The van der Waals surface area contributed by atoms with Crippen molar-refractivity contribution >= 4 is 234 Å². The van der Waals surface area contributed by atoms with Crippen LogP contribution < -0.4 is 27.8 Å². The fraction of sp³-hybridized carbons (Fsp3) is 0.402. The van der Waals surface area contributed by atoms with Crippen molar-refractivity contribution in [2.75, 3.05) is 28.7 Å². The maximum absolute atomic E-state index is 12.0. The molecule has 0 fully saturated rings. The van der Waals surface area contributed by atoms with Gasteiger partial charge in [-0.15, -0.1) is 12.4 Å². The quantitative estimate of drug-likeness (QED) is 0.0130. The van der Waals surface area contributed by atoms with Crippen molar-refractivity contribution in [3.8, 4) is 0 Å². The summed E-state index contributed by atoms with van der Waals surface area (Å²) in [5, 5.41) is 24.6. The molecule has 0 saturated carbocycles. The van der Waals surface area contributed by atoms with Crippen LogP contribution in [0.5, 0.6) is 0 Å². The van der Waals surface area contributed by atoms with Gasteiger partial charge in [0.05, 0.1) is 16.6 Å². The van der Waals surface area contributed by atoms with Gasteiger partial charge >= 0.3 is 12.2 Å². The van der Waals surface area contributed by atoms with Crippen LogP contribution in [0.1, 0.15) is 203 Å². The van der Waals surface area contributed by atoms with Crippen molar-refractivity contribution in [2.45, 2.75) is 202 Å².